The Balaban J connectivity index is 1.13. The zero-order valence-corrected chi connectivity index (χ0v) is 24.0. The Hall–Kier alpha value is -1.86. The number of rotatable bonds is 18. The molecule has 1 nitrogen and oxygen atoms in total. The highest BCUT2D eigenvalue weighted by Crippen LogP contribution is 2.34. The second-order valence-corrected chi connectivity index (χ2v) is 11.8. The Morgan fingerprint density at radius 2 is 1.41 bits per heavy atom. The van der Waals surface area contributed by atoms with Crippen LogP contribution in [0.5, 0.6) is 0 Å². The third-order valence-electron chi connectivity index (χ3n) is 8.48. The van der Waals surface area contributed by atoms with Crippen molar-refractivity contribution >= 4 is 6.08 Å². The maximum absolute atomic E-state index is 5.85. The van der Waals surface area contributed by atoms with E-state index in [-0.39, 0.29) is 0 Å². The number of benzene rings is 2. The maximum atomic E-state index is 5.85. The van der Waals surface area contributed by atoms with Gasteiger partial charge < -0.3 is 4.74 Å². The molecule has 0 aliphatic heterocycles. The molecule has 0 heterocycles. The van der Waals surface area contributed by atoms with Crippen molar-refractivity contribution in [1.29, 1.82) is 0 Å². The molecule has 0 bridgehead atoms. The fraction of sp³-hybridized carbons (Fsp3) is 0.611. The van der Waals surface area contributed by atoms with E-state index in [0.29, 0.717) is 0 Å². The number of allylic oxidation sites excluding steroid dienone is 1. The van der Waals surface area contributed by atoms with Gasteiger partial charge in [0.25, 0.3) is 0 Å². The summed E-state index contributed by atoms with van der Waals surface area (Å²) in [4.78, 5) is 0. The van der Waals surface area contributed by atoms with Crippen molar-refractivity contribution in [3.63, 3.8) is 0 Å². The summed E-state index contributed by atoms with van der Waals surface area (Å²) in [6.07, 6.45) is 25.2. The van der Waals surface area contributed by atoms with Crippen LogP contribution >= 0.6 is 0 Å². The van der Waals surface area contributed by atoms with Gasteiger partial charge in [-0.3, -0.25) is 0 Å². The summed E-state index contributed by atoms with van der Waals surface area (Å²) in [7, 11) is 0. The van der Waals surface area contributed by atoms with E-state index >= 15 is 0 Å². The lowest BCUT2D eigenvalue weighted by Crippen LogP contribution is -2.14. The predicted molar refractivity (Wildman–Crippen MR) is 162 cm³/mol. The minimum Gasteiger partial charge on any atom is -0.377 e. The molecule has 1 unspecified atom stereocenters. The standard InChI is InChI=1S/C36H54O/c1-3-4-15-32-21-23-34(24-22-32)17-10-11-18-35-27-25-33(26-28-35)16-9-8-13-31(2)14-12-29-37-30-36-19-6-5-7-20-36/h4-7,15,19-24,31,33,35H,3,8-14,16-18,25-30H2,1-2H3. The van der Waals surface area contributed by atoms with Gasteiger partial charge in [-0.2, -0.15) is 0 Å². The summed E-state index contributed by atoms with van der Waals surface area (Å²) in [6.45, 7) is 6.27. The molecule has 37 heavy (non-hydrogen) atoms. The normalized spacial score (nSPS) is 18.9. The summed E-state index contributed by atoms with van der Waals surface area (Å²) < 4.78 is 5.85. The molecule has 0 saturated heterocycles. The van der Waals surface area contributed by atoms with Gasteiger partial charge in [0.1, 0.15) is 0 Å². The van der Waals surface area contributed by atoms with Crippen LogP contribution in [0.2, 0.25) is 0 Å². The summed E-state index contributed by atoms with van der Waals surface area (Å²) in [6, 6.07) is 19.7. The van der Waals surface area contributed by atoms with E-state index in [1.165, 1.54) is 107 Å². The highest BCUT2D eigenvalue weighted by atomic mass is 16.5. The molecule has 1 fully saturated rings. The highest BCUT2D eigenvalue weighted by molar-refractivity contribution is 5.49. The van der Waals surface area contributed by atoms with Gasteiger partial charge in [-0.1, -0.05) is 145 Å². The first kappa shape index (κ1) is 29.7. The molecule has 3 rings (SSSR count). The monoisotopic (exact) mass is 502 g/mol. The number of unbranched alkanes of at least 4 members (excludes halogenated alkanes) is 2. The largest absolute Gasteiger partial charge is 0.377 e. The van der Waals surface area contributed by atoms with E-state index in [9.17, 15) is 0 Å². The van der Waals surface area contributed by atoms with Crippen LogP contribution in [0.4, 0.5) is 0 Å². The van der Waals surface area contributed by atoms with Gasteiger partial charge in [0.2, 0.25) is 0 Å². The average molecular weight is 503 g/mol. The summed E-state index contributed by atoms with van der Waals surface area (Å²) >= 11 is 0. The Morgan fingerprint density at radius 3 is 2.08 bits per heavy atom. The Labute approximate surface area is 229 Å². The van der Waals surface area contributed by atoms with E-state index in [0.717, 1.165) is 37.4 Å². The minimum atomic E-state index is 0.753. The first-order valence-corrected chi connectivity index (χ1v) is 15.6. The zero-order chi connectivity index (χ0) is 26.0. The SMILES string of the molecule is CCC=Cc1ccc(CCCCC2CCC(CCCCC(C)CCCOCc3ccccc3)CC2)cc1. The Kier molecular flexibility index (Phi) is 14.8. The van der Waals surface area contributed by atoms with Gasteiger partial charge in [-0.05, 0) is 66.5 Å². The van der Waals surface area contributed by atoms with Crippen molar-refractivity contribution < 1.29 is 4.74 Å². The fourth-order valence-electron chi connectivity index (χ4n) is 5.99. The molecule has 2 aromatic carbocycles. The van der Waals surface area contributed by atoms with Crippen molar-refractivity contribution in [2.45, 2.75) is 117 Å². The molecular weight excluding hydrogens is 448 g/mol. The van der Waals surface area contributed by atoms with E-state index in [1.54, 1.807) is 0 Å². The van der Waals surface area contributed by atoms with Crippen molar-refractivity contribution in [2.24, 2.45) is 17.8 Å². The quantitative estimate of drug-likeness (QED) is 0.184. The first-order valence-electron chi connectivity index (χ1n) is 15.6. The second-order valence-electron chi connectivity index (χ2n) is 11.8. The van der Waals surface area contributed by atoms with Crippen LogP contribution in [-0.4, -0.2) is 6.61 Å². The van der Waals surface area contributed by atoms with Crippen molar-refractivity contribution in [2.75, 3.05) is 6.61 Å². The molecule has 1 saturated carbocycles. The lowest BCUT2D eigenvalue weighted by Gasteiger charge is -2.28. The number of aryl methyl sites for hydroxylation is 1. The Morgan fingerprint density at radius 1 is 0.757 bits per heavy atom. The van der Waals surface area contributed by atoms with E-state index in [4.69, 9.17) is 4.74 Å². The number of ether oxygens (including phenoxy) is 1. The molecule has 1 atom stereocenters. The summed E-state index contributed by atoms with van der Waals surface area (Å²) in [5.41, 5.74) is 4.11. The molecule has 0 spiro atoms. The number of hydrogen-bond donors (Lipinski definition) is 0. The zero-order valence-electron chi connectivity index (χ0n) is 24.0. The van der Waals surface area contributed by atoms with Crippen LogP contribution in [0.1, 0.15) is 120 Å². The van der Waals surface area contributed by atoms with Crippen molar-refractivity contribution in [3.8, 4) is 0 Å². The van der Waals surface area contributed by atoms with E-state index in [2.05, 4.69) is 80.6 Å². The van der Waals surface area contributed by atoms with E-state index in [1.807, 2.05) is 0 Å². The lowest BCUT2D eigenvalue weighted by atomic mass is 9.77. The maximum Gasteiger partial charge on any atom is 0.0716 e. The third kappa shape index (κ3) is 13.0. The van der Waals surface area contributed by atoms with Gasteiger partial charge in [0.05, 0.1) is 6.61 Å². The second kappa shape index (κ2) is 18.4. The highest BCUT2D eigenvalue weighted by Gasteiger charge is 2.20. The van der Waals surface area contributed by atoms with Gasteiger partial charge >= 0.3 is 0 Å². The molecule has 1 aliphatic carbocycles. The van der Waals surface area contributed by atoms with Crippen LogP contribution in [0.3, 0.4) is 0 Å². The van der Waals surface area contributed by atoms with Gasteiger partial charge in [0, 0.05) is 6.61 Å². The molecule has 0 radical (unpaired) electrons. The third-order valence-corrected chi connectivity index (χ3v) is 8.48. The lowest BCUT2D eigenvalue weighted by molar-refractivity contribution is 0.114. The molecule has 0 aromatic heterocycles. The smallest absolute Gasteiger partial charge is 0.0716 e. The van der Waals surface area contributed by atoms with Crippen LogP contribution in [0, 0.1) is 17.8 Å². The van der Waals surface area contributed by atoms with Gasteiger partial charge in [-0.15, -0.1) is 0 Å². The molecule has 204 valence electrons. The topological polar surface area (TPSA) is 9.23 Å². The van der Waals surface area contributed by atoms with Gasteiger partial charge in [0.15, 0.2) is 0 Å². The summed E-state index contributed by atoms with van der Waals surface area (Å²) in [5.74, 6) is 2.85. The first-order chi connectivity index (χ1) is 18.2. The van der Waals surface area contributed by atoms with E-state index < -0.39 is 0 Å². The molecule has 0 N–H and O–H groups in total. The number of hydrogen-bond acceptors (Lipinski definition) is 1. The molecule has 0 amide bonds. The minimum absolute atomic E-state index is 0.753. The van der Waals surface area contributed by atoms with Gasteiger partial charge in [-0.25, -0.2) is 0 Å². The molecular formula is C36H54O. The average Bonchev–Trinajstić information content (AvgIpc) is 2.94. The molecule has 1 aliphatic rings. The van der Waals surface area contributed by atoms with Crippen LogP contribution in [0.15, 0.2) is 60.7 Å². The van der Waals surface area contributed by atoms with Crippen LogP contribution in [0.25, 0.3) is 6.08 Å². The predicted octanol–water partition coefficient (Wildman–Crippen LogP) is 10.8. The van der Waals surface area contributed by atoms with Crippen molar-refractivity contribution in [3.05, 3.63) is 77.4 Å². The van der Waals surface area contributed by atoms with Crippen LogP contribution in [-0.2, 0) is 17.8 Å². The van der Waals surface area contributed by atoms with Crippen molar-refractivity contribution in [1.82, 2.24) is 0 Å². The fourth-order valence-corrected chi connectivity index (χ4v) is 5.99. The molecule has 2 aromatic rings. The molecule has 1 heteroatoms. The van der Waals surface area contributed by atoms with Crippen LogP contribution < -0.4 is 0 Å². The Bertz CT molecular complexity index is 829. The summed E-state index contributed by atoms with van der Waals surface area (Å²) in [5, 5.41) is 0.